The average Bonchev–Trinajstić information content (AvgIpc) is 2.92. The largest absolute Gasteiger partial charge is 0.496 e. The number of Topliss-reactive ketones (excluding diaryl/α,β-unsaturated/α-hetero) is 1. The molecule has 5 nitrogen and oxygen atoms in total. The Bertz CT molecular complexity index is 1030. The van der Waals surface area contributed by atoms with E-state index in [9.17, 15) is 9.59 Å². The van der Waals surface area contributed by atoms with Gasteiger partial charge in [0, 0.05) is 30.6 Å². The first-order chi connectivity index (χ1) is 17.0. The number of amides is 1. The van der Waals surface area contributed by atoms with Crippen molar-refractivity contribution < 1.29 is 14.3 Å². The number of ether oxygens (including phenoxy) is 1. The van der Waals surface area contributed by atoms with Crippen LogP contribution in [0, 0.1) is 11.8 Å². The SMILES string of the molecule is COc1ccccc1C(=O)NCC1(c2ccccc2)CCC(=O)C(C=N[C@H](C)C2CCCCC2)C1. The quantitative estimate of drug-likeness (QED) is 0.494. The van der Waals surface area contributed by atoms with Crippen molar-refractivity contribution in [3.05, 3.63) is 65.7 Å². The summed E-state index contributed by atoms with van der Waals surface area (Å²) in [6.45, 7) is 2.65. The summed E-state index contributed by atoms with van der Waals surface area (Å²) in [6, 6.07) is 17.8. The van der Waals surface area contributed by atoms with Gasteiger partial charge >= 0.3 is 0 Å². The van der Waals surface area contributed by atoms with E-state index in [1.54, 1.807) is 19.2 Å². The minimum Gasteiger partial charge on any atom is -0.496 e. The molecule has 2 aliphatic carbocycles. The second kappa shape index (κ2) is 11.7. The minimum atomic E-state index is -0.322. The summed E-state index contributed by atoms with van der Waals surface area (Å²) in [5, 5.41) is 3.16. The first-order valence-electron chi connectivity index (χ1n) is 13.1. The normalized spacial score (nSPS) is 24.3. The number of hydrogen-bond donors (Lipinski definition) is 1. The van der Waals surface area contributed by atoms with Gasteiger partial charge in [-0.25, -0.2) is 0 Å². The van der Waals surface area contributed by atoms with E-state index in [2.05, 4.69) is 24.4 Å². The molecule has 186 valence electrons. The number of nitrogens with zero attached hydrogens (tertiary/aromatic N) is 1. The van der Waals surface area contributed by atoms with Crippen LogP contribution in [0.4, 0.5) is 0 Å². The van der Waals surface area contributed by atoms with Gasteiger partial charge in [0.15, 0.2) is 0 Å². The second-order valence-corrected chi connectivity index (χ2v) is 10.2. The molecule has 35 heavy (non-hydrogen) atoms. The van der Waals surface area contributed by atoms with Gasteiger partial charge in [0.2, 0.25) is 0 Å². The highest BCUT2D eigenvalue weighted by atomic mass is 16.5. The number of hydrogen-bond acceptors (Lipinski definition) is 4. The molecule has 2 saturated carbocycles. The monoisotopic (exact) mass is 474 g/mol. The number of carbonyl (C=O) groups is 2. The molecule has 0 bridgehead atoms. The lowest BCUT2D eigenvalue weighted by Gasteiger charge is -2.40. The smallest absolute Gasteiger partial charge is 0.255 e. The lowest BCUT2D eigenvalue weighted by molar-refractivity contribution is -0.123. The molecule has 2 aromatic carbocycles. The molecule has 1 amide bonds. The van der Waals surface area contributed by atoms with Crippen LogP contribution in [0.15, 0.2) is 59.6 Å². The van der Waals surface area contributed by atoms with Crippen LogP contribution in [0.3, 0.4) is 0 Å². The maximum Gasteiger partial charge on any atom is 0.255 e. The third-order valence-electron chi connectivity index (χ3n) is 8.03. The van der Waals surface area contributed by atoms with Gasteiger partial charge in [0.1, 0.15) is 11.5 Å². The Labute approximate surface area is 209 Å². The number of benzene rings is 2. The Hall–Kier alpha value is -2.95. The van der Waals surface area contributed by atoms with E-state index >= 15 is 0 Å². The molecule has 2 aromatic rings. The van der Waals surface area contributed by atoms with Gasteiger partial charge in [-0.3, -0.25) is 14.6 Å². The third kappa shape index (κ3) is 6.01. The van der Waals surface area contributed by atoms with E-state index in [4.69, 9.17) is 9.73 Å². The molecule has 0 heterocycles. The first-order valence-corrected chi connectivity index (χ1v) is 13.1. The second-order valence-electron chi connectivity index (χ2n) is 10.2. The molecule has 2 unspecified atom stereocenters. The van der Waals surface area contributed by atoms with E-state index in [1.165, 1.54) is 32.1 Å². The van der Waals surface area contributed by atoms with Crippen LogP contribution < -0.4 is 10.1 Å². The highest BCUT2D eigenvalue weighted by Crippen LogP contribution is 2.40. The third-order valence-corrected chi connectivity index (χ3v) is 8.03. The van der Waals surface area contributed by atoms with Gasteiger partial charge in [-0.05, 0) is 56.2 Å². The molecule has 5 heteroatoms. The molecule has 2 aliphatic rings. The van der Waals surface area contributed by atoms with Crippen LogP contribution in [0.1, 0.15) is 74.2 Å². The number of carbonyl (C=O) groups excluding carboxylic acids is 2. The Morgan fingerprint density at radius 2 is 1.83 bits per heavy atom. The van der Waals surface area contributed by atoms with Crippen molar-refractivity contribution in [2.24, 2.45) is 16.8 Å². The molecule has 0 saturated heterocycles. The van der Waals surface area contributed by atoms with Crippen LogP contribution in [0.25, 0.3) is 0 Å². The number of aliphatic imine (C=N–C) groups is 1. The zero-order valence-corrected chi connectivity index (χ0v) is 21.0. The van der Waals surface area contributed by atoms with Crippen molar-refractivity contribution in [2.45, 2.75) is 69.7 Å². The average molecular weight is 475 g/mol. The molecule has 4 rings (SSSR count). The highest BCUT2D eigenvalue weighted by Gasteiger charge is 2.41. The fourth-order valence-electron chi connectivity index (χ4n) is 5.79. The summed E-state index contributed by atoms with van der Waals surface area (Å²) < 4.78 is 5.38. The lowest BCUT2D eigenvalue weighted by Crippen LogP contribution is -2.46. The van der Waals surface area contributed by atoms with Crippen LogP contribution in [0.2, 0.25) is 0 Å². The predicted molar refractivity (Wildman–Crippen MR) is 140 cm³/mol. The van der Waals surface area contributed by atoms with E-state index in [0.29, 0.717) is 43.0 Å². The van der Waals surface area contributed by atoms with Gasteiger partial charge in [-0.1, -0.05) is 61.7 Å². The number of rotatable bonds is 8. The molecule has 0 aliphatic heterocycles. The zero-order valence-electron chi connectivity index (χ0n) is 21.0. The van der Waals surface area contributed by atoms with Crippen LogP contribution in [0.5, 0.6) is 5.75 Å². The highest BCUT2D eigenvalue weighted by molar-refractivity contribution is 5.97. The van der Waals surface area contributed by atoms with Gasteiger partial charge < -0.3 is 10.1 Å². The molecule has 0 spiro atoms. The lowest BCUT2D eigenvalue weighted by atomic mass is 9.65. The molecule has 1 N–H and O–H groups in total. The van der Waals surface area contributed by atoms with E-state index < -0.39 is 0 Å². The van der Waals surface area contributed by atoms with Gasteiger partial charge in [0.05, 0.1) is 18.6 Å². The number of methoxy groups -OCH3 is 1. The molecule has 0 aromatic heterocycles. The van der Waals surface area contributed by atoms with Crippen molar-refractivity contribution in [2.75, 3.05) is 13.7 Å². The molecular weight excluding hydrogens is 436 g/mol. The molecule has 0 radical (unpaired) electrons. The van der Waals surface area contributed by atoms with Crippen LogP contribution in [-0.2, 0) is 10.2 Å². The maximum atomic E-state index is 13.1. The Kier molecular flexibility index (Phi) is 8.37. The van der Waals surface area contributed by atoms with Crippen molar-refractivity contribution in [3.8, 4) is 5.75 Å². The molecule has 2 fully saturated rings. The summed E-state index contributed by atoms with van der Waals surface area (Å²) in [5.74, 6) is 1.05. The summed E-state index contributed by atoms with van der Waals surface area (Å²) in [7, 11) is 1.57. The van der Waals surface area contributed by atoms with Crippen LogP contribution in [-0.4, -0.2) is 37.6 Å². The van der Waals surface area contributed by atoms with Gasteiger partial charge in [0.25, 0.3) is 5.91 Å². The van der Waals surface area contributed by atoms with Crippen LogP contribution >= 0.6 is 0 Å². The topological polar surface area (TPSA) is 67.8 Å². The fourth-order valence-corrected chi connectivity index (χ4v) is 5.79. The van der Waals surface area contributed by atoms with Crippen molar-refractivity contribution in [1.82, 2.24) is 5.32 Å². The van der Waals surface area contributed by atoms with E-state index in [-0.39, 0.29) is 29.1 Å². The summed E-state index contributed by atoms with van der Waals surface area (Å²) >= 11 is 0. The molecular formula is C30H38N2O3. The van der Waals surface area contributed by atoms with Crippen molar-refractivity contribution >= 4 is 17.9 Å². The zero-order chi connectivity index (χ0) is 24.7. The molecule has 3 atom stereocenters. The Balaban J connectivity index is 1.53. The van der Waals surface area contributed by atoms with E-state index in [0.717, 1.165) is 5.56 Å². The number of para-hydroxylation sites is 1. The van der Waals surface area contributed by atoms with E-state index in [1.807, 2.05) is 36.5 Å². The van der Waals surface area contributed by atoms with Gasteiger partial charge in [-0.2, -0.15) is 0 Å². The standard InChI is InChI=1S/C30H38N2O3/c1-22(23-11-5-3-6-12-23)31-20-24-19-30(18-17-27(24)33,25-13-7-4-8-14-25)21-32-29(34)26-15-9-10-16-28(26)35-2/h4,7-10,13-16,20,22-24H,3,5-6,11-12,17-19,21H2,1-2H3,(H,32,34)/t22-,24?,30?/m1/s1. The number of nitrogens with one attached hydrogen (secondary N) is 1. The van der Waals surface area contributed by atoms with Crippen molar-refractivity contribution in [3.63, 3.8) is 0 Å². The summed E-state index contributed by atoms with van der Waals surface area (Å²) in [5.41, 5.74) is 1.36. The maximum absolute atomic E-state index is 13.1. The fraction of sp³-hybridized carbons (Fsp3) is 0.500. The minimum absolute atomic E-state index is 0.161. The predicted octanol–water partition coefficient (Wildman–Crippen LogP) is 5.77. The van der Waals surface area contributed by atoms with Gasteiger partial charge in [-0.15, -0.1) is 0 Å². The summed E-state index contributed by atoms with van der Waals surface area (Å²) in [4.78, 5) is 30.9. The number of ketones is 1. The van der Waals surface area contributed by atoms with Crippen molar-refractivity contribution in [1.29, 1.82) is 0 Å². The Morgan fingerprint density at radius 1 is 1.11 bits per heavy atom. The summed E-state index contributed by atoms with van der Waals surface area (Å²) in [6.07, 6.45) is 10.2. The first kappa shape index (κ1) is 25.2. The Morgan fingerprint density at radius 3 is 2.57 bits per heavy atom.